The predicted molar refractivity (Wildman–Crippen MR) is 68.6 cm³/mol. The zero-order valence-electron chi connectivity index (χ0n) is 11.6. The molecule has 0 rings (SSSR count). The molecule has 0 aliphatic heterocycles. The second-order valence-electron chi connectivity index (χ2n) is 5.93. The van der Waals surface area contributed by atoms with Crippen molar-refractivity contribution < 1.29 is 9.53 Å². The molecule has 2 nitrogen and oxygen atoms in total. The van der Waals surface area contributed by atoms with Gasteiger partial charge in [-0.05, 0) is 12.3 Å². The van der Waals surface area contributed by atoms with E-state index < -0.39 is 0 Å². The zero-order chi connectivity index (χ0) is 12.6. The summed E-state index contributed by atoms with van der Waals surface area (Å²) < 4.78 is 5.46. The molecule has 0 N–H and O–H groups in total. The molecule has 0 saturated carbocycles. The van der Waals surface area contributed by atoms with Crippen LogP contribution in [0.1, 0.15) is 60.3 Å². The third-order valence-corrected chi connectivity index (χ3v) is 2.63. The normalized spacial score (nSPS) is 12.1. The van der Waals surface area contributed by atoms with Crippen LogP contribution in [0.4, 0.5) is 0 Å². The van der Waals surface area contributed by atoms with Crippen LogP contribution in [0, 0.1) is 11.3 Å². The number of Topliss-reactive ketones (excluding diaryl/α,β-unsaturated/α-hetero) is 1. The van der Waals surface area contributed by atoms with Crippen LogP contribution in [0.15, 0.2) is 0 Å². The molecular weight excluding hydrogens is 200 g/mol. The van der Waals surface area contributed by atoms with Gasteiger partial charge in [0.15, 0.2) is 0 Å². The van der Waals surface area contributed by atoms with Gasteiger partial charge in [-0.15, -0.1) is 0 Å². The standard InChI is InChI=1S/C14H28O2/c1-12(2)8-6-7-10-16-11-9-13(15)14(3,4)5/h12H,6-11H2,1-5H3. The first kappa shape index (κ1) is 15.6. The summed E-state index contributed by atoms with van der Waals surface area (Å²) in [6.07, 6.45) is 4.16. The van der Waals surface area contributed by atoms with E-state index in [2.05, 4.69) is 13.8 Å². The van der Waals surface area contributed by atoms with Crippen molar-refractivity contribution in [3.63, 3.8) is 0 Å². The van der Waals surface area contributed by atoms with Crippen LogP contribution < -0.4 is 0 Å². The summed E-state index contributed by atoms with van der Waals surface area (Å²) in [5, 5.41) is 0. The Kier molecular flexibility index (Phi) is 7.65. The summed E-state index contributed by atoms with van der Waals surface area (Å²) in [6, 6.07) is 0. The summed E-state index contributed by atoms with van der Waals surface area (Å²) in [6.45, 7) is 11.7. The molecule has 0 saturated heterocycles. The van der Waals surface area contributed by atoms with Crippen molar-refractivity contribution in [1.29, 1.82) is 0 Å². The first-order valence-corrected chi connectivity index (χ1v) is 6.45. The second-order valence-corrected chi connectivity index (χ2v) is 5.93. The van der Waals surface area contributed by atoms with Crippen LogP contribution in [0.2, 0.25) is 0 Å². The molecule has 0 aromatic carbocycles. The van der Waals surface area contributed by atoms with Crippen molar-refractivity contribution in [3.8, 4) is 0 Å². The molecule has 0 aromatic heterocycles. The number of ether oxygens (including phenoxy) is 1. The molecule has 96 valence electrons. The fourth-order valence-corrected chi connectivity index (χ4v) is 1.40. The Bertz CT molecular complexity index is 189. The molecule has 16 heavy (non-hydrogen) atoms. The lowest BCUT2D eigenvalue weighted by molar-refractivity contribution is -0.127. The van der Waals surface area contributed by atoms with E-state index in [4.69, 9.17) is 4.74 Å². The third-order valence-electron chi connectivity index (χ3n) is 2.63. The maximum Gasteiger partial charge on any atom is 0.140 e. The fraction of sp³-hybridized carbons (Fsp3) is 0.929. The van der Waals surface area contributed by atoms with Crippen LogP contribution in [-0.2, 0) is 9.53 Å². The summed E-state index contributed by atoms with van der Waals surface area (Å²) in [7, 11) is 0. The predicted octanol–water partition coefficient (Wildman–Crippen LogP) is 3.83. The van der Waals surface area contributed by atoms with Crippen LogP contribution in [0.5, 0.6) is 0 Å². The smallest absolute Gasteiger partial charge is 0.140 e. The van der Waals surface area contributed by atoms with Gasteiger partial charge in [-0.3, -0.25) is 4.79 Å². The highest BCUT2D eigenvalue weighted by Crippen LogP contribution is 2.16. The van der Waals surface area contributed by atoms with Gasteiger partial charge in [-0.1, -0.05) is 47.5 Å². The molecule has 0 fully saturated rings. The summed E-state index contributed by atoms with van der Waals surface area (Å²) in [5.74, 6) is 1.07. The lowest BCUT2D eigenvalue weighted by Crippen LogP contribution is -2.21. The molecule has 2 heteroatoms. The van der Waals surface area contributed by atoms with Crippen molar-refractivity contribution in [2.75, 3.05) is 13.2 Å². The van der Waals surface area contributed by atoms with E-state index >= 15 is 0 Å². The van der Waals surface area contributed by atoms with Gasteiger partial charge in [0.25, 0.3) is 0 Å². The van der Waals surface area contributed by atoms with E-state index in [1.165, 1.54) is 12.8 Å². The molecule has 0 atom stereocenters. The van der Waals surface area contributed by atoms with Gasteiger partial charge in [0, 0.05) is 18.4 Å². The van der Waals surface area contributed by atoms with Crippen molar-refractivity contribution in [1.82, 2.24) is 0 Å². The average Bonchev–Trinajstić information content (AvgIpc) is 2.14. The van der Waals surface area contributed by atoms with E-state index in [9.17, 15) is 4.79 Å². The number of rotatable bonds is 8. The topological polar surface area (TPSA) is 26.3 Å². The highest BCUT2D eigenvalue weighted by Gasteiger charge is 2.20. The molecule has 0 aliphatic carbocycles. The molecule has 0 amide bonds. The number of carbonyl (C=O) groups excluding carboxylic acids is 1. The number of unbranched alkanes of at least 4 members (excludes halogenated alkanes) is 1. The van der Waals surface area contributed by atoms with Crippen LogP contribution in [0.25, 0.3) is 0 Å². The Balaban J connectivity index is 3.31. The zero-order valence-corrected chi connectivity index (χ0v) is 11.6. The summed E-state index contributed by atoms with van der Waals surface area (Å²) in [4.78, 5) is 11.6. The van der Waals surface area contributed by atoms with Gasteiger partial charge in [-0.2, -0.15) is 0 Å². The number of hydrogen-bond donors (Lipinski definition) is 0. The Morgan fingerprint density at radius 2 is 1.75 bits per heavy atom. The minimum atomic E-state index is -0.221. The minimum Gasteiger partial charge on any atom is -0.381 e. The Morgan fingerprint density at radius 1 is 1.12 bits per heavy atom. The van der Waals surface area contributed by atoms with E-state index in [1.54, 1.807) is 0 Å². The van der Waals surface area contributed by atoms with E-state index in [-0.39, 0.29) is 11.2 Å². The molecule has 0 aliphatic rings. The molecule has 0 aromatic rings. The number of hydrogen-bond acceptors (Lipinski definition) is 2. The van der Waals surface area contributed by atoms with Crippen molar-refractivity contribution >= 4 is 5.78 Å². The van der Waals surface area contributed by atoms with E-state index in [0.717, 1.165) is 18.9 Å². The molecule has 0 bridgehead atoms. The molecule has 0 heterocycles. The van der Waals surface area contributed by atoms with Crippen molar-refractivity contribution in [2.45, 2.75) is 60.3 Å². The highest BCUT2D eigenvalue weighted by atomic mass is 16.5. The SMILES string of the molecule is CC(C)CCCCOCCC(=O)C(C)(C)C. The average molecular weight is 228 g/mol. The monoisotopic (exact) mass is 228 g/mol. The van der Waals surface area contributed by atoms with Crippen molar-refractivity contribution in [2.24, 2.45) is 11.3 Å². The first-order valence-electron chi connectivity index (χ1n) is 6.45. The van der Waals surface area contributed by atoms with Gasteiger partial charge < -0.3 is 4.74 Å². The molecule has 0 unspecified atom stereocenters. The van der Waals surface area contributed by atoms with Gasteiger partial charge in [-0.25, -0.2) is 0 Å². The van der Waals surface area contributed by atoms with E-state index in [0.29, 0.717) is 13.0 Å². The highest BCUT2D eigenvalue weighted by molar-refractivity contribution is 5.83. The number of ketones is 1. The molecule has 0 spiro atoms. The lowest BCUT2D eigenvalue weighted by Gasteiger charge is -2.16. The van der Waals surface area contributed by atoms with Gasteiger partial charge in [0.05, 0.1) is 6.61 Å². The number of carbonyl (C=O) groups is 1. The maximum atomic E-state index is 11.6. The second kappa shape index (κ2) is 7.83. The molecule has 0 radical (unpaired) electrons. The van der Waals surface area contributed by atoms with Crippen molar-refractivity contribution in [3.05, 3.63) is 0 Å². The largest absolute Gasteiger partial charge is 0.381 e. The quantitative estimate of drug-likeness (QED) is 0.590. The molecular formula is C14H28O2. The van der Waals surface area contributed by atoms with Gasteiger partial charge >= 0.3 is 0 Å². The van der Waals surface area contributed by atoms with Crippen LogP contribution in [-0.4, -0.2) is 19.0 Å². The summed E-state index contributed by atoms with van der Waals surface area (Å²) >= 11 is 0. The first-order chi connectivity index (χ1) is 7.34. The lowest BCUT2D eigenvalue weighted by atomic mass is 9.89. The fourth-order valence-electron chi connectivity index (χ4n) is 1.40. The Labute approximate surface area is 101 Å². The van der Waals surface area contributed by atoms with Crippen LogP contribution in [0.3, 0.4) is 0 Å². The minimum absolute atomic E-state index is 0.221. The summed E-state index contributed by atoms with van der Waals surface area (Å²) in [5.41, 5.74) is -0.221. The third kappa shape index (κ3) is 8.90. The van der Waals surface area contributed by atoms with Crippen LogP contribution >= 0.6 is 0 Å². The maximum absolute atomic E-state index is 11.6. The van der Waals surface area contributed by atoms with Gasteiger partial charge in [0.1, 0.15) is 5.78 Å². The van der Waals surface area contributed by atoms with Gasteiger partial charge in [0.2, 0.25) is 0 Å². The van der Waals surface area contributed by atoms with E-state index in [1.807, 2.05) is 20.8 Å². The Morgan fingerprint density at radius 3 is 2.25 bits per heavy atom. The Hall–Kier alpha value is -0.370.